The first-order chi connectivity index (χ1) is 11.5. The van der Waals surface area contributed by atoms with Gasteiger partial charge >= 0.3 is 0 Å². The van der Waals surface area contributed by atoms with Crippen molar-refractivity contribution in [1.82, 2.24) is 4.31 Å². The molecule has 0 bridgehead atoms. The lowest BCUT2D eigenvalue weighted by Crippen LogP contribution is -2.39. The number of rotatable bonds is 4. The summed E-state index contributed by atoms with van der Waals surface area (Å²) in [5.74, 6) is 0.189. The fourth-order valence-corrected chi connectivity index (χ4v) is 5.06. The zero-order valence-corrected chi connectivity index (χ0v) is 15.1. The third kappa shape index (κ3) is 3.68. The lowest BCUT2D eigenvalue weighted by atomic mass is 10.0. The molecule has 5 nitrogen and oxygen atoms in total. The molecule has 1 amide bonds. The molecule has 7 heteroatoms. The molecule has 1 fully saturated rings. The first kappa shape index (κ1) is 17.1. The number of amides is 1. The number of carbonyl (C=O) groups is 1. The second kappa shape index (κ2) is 7.04. The summed E-state index contributed by atoms with van der Waals surface area (Å²) in [7, 11) is -3.46. The number of hydrogen-bond acceptors (Lipinski definition) is 4. The first-order valence-electron chi connectivity index (χ1n) is 7.90. The number of thiophene rings is 1. The molecule has 3 rings (SSSR count). The molecule has 1 aromatic carbocycles. The van der Waals surface area contributed by atoms with E-state index in [-0.39, 0.29) is 10.8 Å². The predicted molar refractivity (Wildman–Crippen MR) is 95.9 cm³/mol. The fraction of sp³-hybridized carbons (Fsp3) is 0.353. The molecular formula is C17H20N2O3S2. The number of benzene rings is 1. The van der Waals surface area contributed by atoms with Gasteiger partial charge in [0.15, 0.2) is 0 Å². The zero-order valence-electron chi connectivity index (χ0n) is 13.4. The van der Waals surface area contributed by atoms with Crippen molar-refractivity contribution in [3.05, 3.63) is 46.7 Å². The van der Waals surface area contributed by atoms with Crippen LogP contribution in [0.1, 0.15) is 30.1 Å². The van der Waals surface area contributed by atoms with E-state index < -0.39 is 10.0 Å². The van der Waals surface area contributed by atoms with Crippen LogP contribution < -0.4 is 5.32 Å². The highest BCUT2D eigenvalue weighted by Crippen LogP contribution is 2.24. The first-order valence-corrected chi connectivity index (χ1v) is 10.3. The Kier molecular flexibility index (Phi) is 5.03. The quantitative estimate of drug-likeness (QED) is 0.904. The Morgan fingerprint density at radius 2 is 2.00 bits per heavy atom. The highest BCUT2D eigenvalue weighted by atomic mass is 32.2. The van der Waals surface area contributed by atoms with Crippen LogP contribution >= 0.6 is 11.3 Å². The summed E-state index contributed by atoms with van der Waals surface area (Å²) >= 11 is 1.45. The van der Waals surface area contributed by atoms with Crippen molar-refractivity contribution < 1.29 is 13.2 Å². The predicted octanol–water partition coefficient (Wildman–Crippen LogP) is 3.42. The van der Waals surface area contributed by atoms with E-state index >= 15 is 0 Å². The van der Waals surface area contributed by atoms with Gasteiger partial charge in [-0.2, -0.15) is 15.6 Å². The Bertz CT molecular complexity index is 799. The number of sulfonamides is 1. The van der Waals surface area contributed by atoms with Gasteiger partial charge in [0.1, 0.15) is 0 Å². The van der Waals surface area contributed by atoms with E-state index in [9.17, 15) is 13.2 Å². The van der Waals surface area contributed by atoms with Crippen LogP contribution in [-0.4, -0.2) is 31.7 Å². The number of nitrogens with zero attached hydrogens (tertiary/aromatic N) is 1. The van der Waals surface area contributed by atoms with Crippen molar-refractivity contribution in [2.75, 3.05) is 18.4 Å². The van der Waals surface area contributed by atoms with Gasteiger partial charge in [-0.1, -0.05) is 6.92 Å². The minimum Gasteiger partial charge on any atom is -0.322 e. The average Bonchev–Trinajstić information content (AvgIpc) is 3.10. The lowest BCUT2D eigenvalue weighted by Gasteiger charge is -2.30. The van der Waals surface area contributed by atoms with Gasteiger partial charge in [-0.05, 0) is 54.5 Å². The van der Waals surface area contributed by atoms with Crippen LogP contribution in [0.3, 0.4) is 0 Å². The van der Waals surface area contributed by atoms with Gasteiger partial charge in [-0.3, -0.25) is 4.79 Å². The minimum atomic E-state index is -3.46. The molecular weight excluding hydrogens is 344 g/mol. The van der Waals surface area contributed by atoms with Crippen LogP contribution in [0, 0.1) is 5.92 Å². The van der Waals surface area contributed by atoms with E-state index in [1.807, 2.05) is 5.38 Å². The molecule has 0 spiro atoms. The normalized spacial score (nSPS) is 19.1. The van der Waals surface area contributed by atoms with Crippen LogP contribution in [0.15, 0.2) is 46.0 Å². The number of nitrogens with one attached hydrogen (secondary N) is 1. The summed E-state index contributed by atoms with van der Waals surface area (Å²) in [5, 5.41) is 6.38. The highest BCUT2D eigenvalue weighted by molar-refractivity contribution is 7.89. The smallest absolute Gasteiger partial charge is 0.256 e. The van der Waals surface area contributed by atoms with E-state index in [2.05, 4.69) is 12.2 Å². The number of hydrogen-bond donors (Lipinski definition) is 1. The summed E-state index contributed by atoms with van der Waals surface area (Å²) in [6, 6.07) is 8.11. The van der Waals surface area contributed by atoms with Crippen molar-refractivity contribution in [3.63, 3.8) is 0 Å². The fourth-order valence-electron chi connectivity index (χ4n) is 2.82. The Morgan fingerprint density at radius 3 is 2.62 bits per heavy atom. The molecule has 0 saturated carbocycles. The summed E-state index contributed by atoms with van der Waals surface area (Å²) in [6.07, 6.45) is 1.97. The van der Waals surface area contributed by atoms with Crippen molar-refractivity contribution in [1.29, 1.82) is 0 Å². The maximum absolute atomic E-state index is 12.7. The zero-order chi connectivity index (χ0) is 17.2. The van der Waals surface area contributed by atoms with Crippen molar-refractivity contribution in [2.45, 2.75) is 24.7 Å². The Balaban J connectivity index is 1.73. The van der Waals surface area contributed by atoms with E-state index in [1.165, 1.54) is 11.3 Å². The van der Waals surface area contributed by atoms with Crippen molar-refractivity contribution in [3.8, 4) is 0 Å². The van der Waals surface area contributed by atoms with Crippen molar-refractivity contribution >= 4 is 33.0 Å². The Hall–Kier alpha value is -1.70. The molecule has 1 atom stereocenters. The van der Waals surface area contributed by atoms with Gasteiger partial charge in [0.05, 0.1) is 10.5 Å². The van der Waals surface area contributed by atoms with Crippen LogP contribution in [0.25, 0.3) is 0 Å². The van der Waals surface area contributed by atoms with E-state index in [0.29, 0.717) is 30.3 Å². The van der Waals surface area contributed by atoms with Gasteiger partial charge in [0.25, 0.3) is 5.91 Å². The summed E-state index contributed by atoms with van der Waals surface area (Å²) in [5.41, 5.74) is 1.18. The highest BCUT2D eigenvalue weighted by Gasteiger charge is 2.28. The maximum atomic E-state index is 12.7. The molecule has 1 aliphatic rings. The van der Waals surface area contributed by atoms with Gasteiger partial charge in [0, 0.05) is 24.2 Å². The molecule has 1 unspecified atom stereocenters. The molecule has 1 saturated heterocycles. The van der Waals surface area contributed by atoms with Gasteiger partial charge in [-0.25, -0.2) is 8.42 Å². The Morgan fingerprint density at radius 1 is 1.25 bits per heavy atom. The second-order valence-electron chi connectivity index (χ2n) is 6.10. The molecule has 2 heterocycles. The third-order valence-electron chi connectivity index (χ3n) is 4.15. The van der Waals surface area contributed by atoms with Gasteiger partial charge in [-0.15, -0.1) is 0 Å². The third-order valence-corrected chi connectivity index (χ3v) is 6.72. The van der Waals surface area contributed by atoms with E-state index in [4.69, 9.17) is 0 Å². The molecule has 1 aromatic heterocycles. The van der Waals surface area contributed by atoms with Crippen LogP contribution in [0.4, 0.5) is 5.69 Å². The molecule has 1 aliphatic heterocycles. The summed E-state index contributed by atoms with van der Waals surface area (Å²) in [6.45, 7) is 3.22. The van der Waals surface area contributed by atoms with Crippen LogP contribution in [-0.2, 0) is 10.0 Å². The molecule has 0 radical (unpaired) electrons. The van der Waals surface area contributed by atoms with Gasteiger partial charge in [0.2, 0.25) is 10.0 Å². The molecule has 0 aliphatic carbocycles. The van der Waals surface area contributed by atoms with E-state index in [0.717, 1.165) is 12.8 Å². The van der Waals surface area contributed by atoms with E-state index in [1.54, 1.807) is 40.0 Å². The topological polar surface area (TPSA) is 66.5 Å². The number of carbonyl (C=O) groups excluding carboxylic acids is 1. The van der Waals surface area contributed by atoms with Crippen LogP contribution in [0.2, 0.25) is 0 Å². The minimum absolute atomic E-state index is 0.197. The molecule has 1 N–H and O–H groups in total. The largest absolute Gasteiger partial charge is 0.322 e. The molecule has 128 valence electrons. The van der Waals surface area contributed by atoms with Crippen molar-refractivity contribution in [2.24, 2.45) is 5.92 Å². The number of piperidine rings is 1. The molecule has 2 aromatic rings. The summed E-state index contributed by atoms with van der Waals surface area (Å²) in [4.78, 5) is 12.3. The Labute approximate surface area is 146 Å². The standard InChI is InChI=1S/C17H20N2O3S2/c1-13-3-2-9-19(11-13)24(21,22)16-6-4-15(5-7-16)18-17(20)14-8-10-23-12-14/h4-8,10,12-13H,2-3,9,11H2,1H3,(H,18,20). The van der Waals surface area contributed by atoms with Crippen LogP contribution in [0.5, 0.6) is 0 Å². The monoisotopic (exact) mass is 364 g/mol. The maximum Gasteiger partial charge on any atom is 0.256 e. The molecule has 24 heavy (non-hydrogen) atoms. The lowest BCUT2D eigenvalue weighted by molar-refractivity contribution is 0.102. The summed E-state index contributed by atoms with van der Waals surface area (Å²) < 4.78 is 26.9. The SMILES string of the molecule is CC1CCCN(S(=O)(=O)c2ccc(NC(=O)c3ccsc3)cc2)C1. The average molecular weight is 364 g/mol. The second-order valence-corrected chi connectivity index (χ2v) is 8.82. The number of anilines is 1. The van der Waals surface area contributed by atoms with Gasteiger partial charge < -0.3 is 5.32 Å².